The van der Waals surface area contributed by atoms with E-state index in [1.165, 1.54) is 10.6 Å². The van der Waals surface area contributed by atoms with Gasteiger partial charge in [-0.15, -0.1) is 0 Å². The van der Waals surface area contributed by atoms with Crippen molar-refractivity contribution in [3.05, 3.63) is 83.3 Å². The Morgan fingerprint density at radius 2 is 1.84 bits per heavy atom. The minimum absolute atomic E-state index is 0.392. The van der Waals surface area contributed by atoms with Gasteiger partial charge in [0.15, 0.2) is 0 Å². The monoisotopic (exact) mass is 446 g/mol. The smallest absolute Gasteiger partial charge is 0.211 e. The van der Waals surface area contributed by atoms with Crippen LogP contribution in [0.2, 0.25) is 0 Å². The van der Waals surface area contributed by atoms with Crippen molar-refractivity contribution in [2.45, 2.75) is 13.3 Å². The van der Waals surface area contributed by atoms with Gasteiger partial charge in [0.2, 0.25) is 10.0 Å². The average molecular weight is 447 g/mol. The van der Waals surface area contributed by atoms with Gasteiger partial charge >= 0.3 is 0 Å². The molecule has 0 radical (unpaired) electrons. The first-order valence-electron chi connectivity index (χ1n) is 10.7. The summed E-state index contributed by atoms with van der Waals surface area (Å²) in [6.07, 6.45) is 5.89. The highest BCUT2D eigenvalue weighted by Gasteiger charge is 2.30. The van der Waals surface area contributed by atoms with Crippen LogP contribution >= 0.6 is 0 Å². The lowest BCUT2D eigenvalue weighted by atomic mass is 9.95. The van der Waals surface area contributed by atoms with Gasteiger partial charge in [0.1, 0.15) is 5.82 Å². The van der Waals surface area contributed by atoms with Gasteiger partial charge in [-0.2, -0.15) is 4.31 Å². The first-order valence-corrected chi connectivity index (χ1v) is 12.5. The molecule has 32 heavy (non-hydrogen) atoms. The number of sulfonamides is 1. The molecule has 0 unspecified atom stereocenters. The molecule has 2 aliphatic rings. The highest BCUT2D eigenvalue weighted by molar-refractivity contribution is 7.88. The van der Waals surface area contributed by atoms with Crippen LogP contribution in [0.3, 0.4) is 0 Å². The summed E-state index contributed by atoms with van der Waals surface area (Å²) in [7, 11) is -3.21. The fraction of sp³-hybridized carbons (Fsp3) is 0.240. The van der Waals surface area contributed by atoms with Crippen LogP contribution in [0.25, 0.3) is 22.0 Å². The lowest BCUT2D eigenvalue weighted by Crippen LogP contribution is -2.41. The highest BCUT2D eigenvalue weighted by atomic mass is 32.2. The molecule has 1 fully saturated rings. The second-order valence-corrected chi connectivity index (χ2v) is 10.4. The highest BCUT2D eigenvalue weighted by Crippen LogP contribution is 2.34. The molecule has 3 heterocycles. The normalized spacial score (nSPS) is 17.4. The summed E-state index contributed by atoms with van der Waals surface area (Å²) >= 11 is 0. The van der Waals surface area contributed by atoms with Crippen LogP contribution in [0.4, 0.5) is 5.69 Å². The minimum Gasteiger partial charge on any atom is -0.385 e. The van der Waals surface area contributed by atoms with Crippen molar-refractivity contribution in [1.82, 2.24) is 9.29 Å². The molecule has 0 bridgehead atoms. The number of hydrogen-bond donors (Lipinski definition) is 1. The van der Waals surface area contributed by atoms with Gasteiger partial charge in [-0.25, -0.2) is 8.42 Å². The molecule has 6 nitrogen and oxygen atoms in total. The van der Waals surface area contributed by atoms with Crippen LogP contribution in [0.15, 0.2) is 77.8 Å². The van der Waals surface area contributed by atoms with Crippen molar-refractivity contribution >= 4 is 26.5 Å². The molecular formula is C25H26N4O2S. The summed E-state index contributed by atoms with van der Waals surface area (Å²) in [5, 5.41) is 2.28. The molecule has 0 amide bonds. The van der Waals surface area contributed by atoms with E-state index in [9.17, 15) is 8.42 Å². The van der Waals surface area contributed by atoms with E-state index < -0.39 is 10.0 Å². The van der Waals surface area contributed by atoms with Crippen LogP contribution in [-0.4, -0.2) is 43.6 Å². The summed E-state index contributed by atoms with van der Waals surface area (Å²) in [4.78, 5) is 6.80. The minimum atomic E-state index is -3.21. The van der Waals surface area contributed by atoms with E-state index in [2.05, 4.69) is 54.3 Å². The Balaban J connectivity index is 1.49. The third-order valence-electron chi connectivity index (χ3n) is 6.37. The number of nitrogens with zero attached hydrogens (tertiary/aromatic N) is 3. The summed E-state index contributed by atoms with van der Waals surface area (Å²) in [6, 6.07) is 16.7. The van der Waals surface area contributed by atoms with Crippen LogP contribution in [0.5, 0.6) is 0 Å². The fourth-order valence-electron chi connectivity index (χ4n) is 4.52. The quantitative estimate of drug-likeness (QED) is 0.662. The molecule has 164 valence electrons. The topological polar surface area (TPSA) is 79.5 Å². The molecule has 2 N–H and O–H groups in total. The number of pyridine rings is 1. The molecule has 7 heteroatoms. The van der Waals surface area contributed by atoms with Gasteiger partial charge in [-0.3, -0.25) is 4.98 Å². The maximum Gasteiger partial charge on any atom is 0.211 e. The van der Waals surface area contributed by atoms with Gasteiger partial charge < -0.3 is 10.6 Å². The number of anilines is 1. The molecule has 1 saturated heterocycles. The number of nitrogens with two attached hydrogens (primary N) is 1. The maximum absolute atomic E-state index is 11.9. The SMILES string of the molecule is Cc1ccc(N2CC=C3CN(S(C)(=O)=O)CCC3=C2N)cc1-c1cc2ccccc2cn1. The average Bonchev–Trinajstić information content (AvgIpc) is 2.79. The number of aromatic nitrogens is 1. The summed E-state index contributed by atoms with van der Waals surface area (Å²) in [5.74, 6) is 0.705. The Kier molecular flexibility index (Phi) is 5.03. The van der Waals surface area contributed by atoms with Gasteiger partial charge in [0, 0.05) is 42.5 Å². The zero-order chi connectivity index (χ0) is 22.5. The first-order chi connectivity index (χ1) is 15.3. The number of hydrogen-bond acceptors (Lipinski definition) is 5. The van der Waals surface area contributed by atoms with E-state index >= 15 is 0 Å². The molecule has 2 aromatic carbocycles. The second-order valence-electron chi connectivity index (χ2n) is 8.47. The second kappa shape index (κ2) is 7.76. The first kappa shape index (κ1) is 20.7. The fourth-order valence-corrected chi connectivity index (χ4v) is 5.31. The third kappa shape index (κ3) is 3.67. The molecular weight excluding hydrogens is 420 g/mol. The van der Waals surface area contributed by atoms with E-state index in [0.717, 1.165) is 44.4 Å². The van der Waals surface area contributed by atoms with Crippen LogP contribution in [0, 0.1) is 6.92 Å². The largest absolute Gasteiger partial charge is 0.385 e. The Morgan fingerprint density at radius 3 is 2.62 bits per heavy atom. The molecule has 0 spiro atoms. The Hall–Kier alpha value is -3.16. The summed E-state index contributed by atoms with van der Waals surface area (Å²) in [6.45, 7) is 3.55. The van der Waals surface area contributed by atoms with Crippen molar-refractivity contribution in [3.8, 4) is 11.3 Å². The van der Waals surface area contributed by atoms with E-state index in [-0.39, 0.29) is 0 Å². The number of piperidine rings is 1. The van der Waals surface area contributed by atoms with Crippen molar-refractivity contribution < 1.29 is 8.42 Å². The molecule has 0 atom stereocenters. The zero-order valence-corrected chi connectivity index (χ0v) is 19.1. The third-order valence-corrected chi connectivity index (χ3v) is 7.62. The summed E-state index contributed by atoms with van der Waals surface area (Å²) in [5.41, 5.74) is 12.8. The molecule has 0 saturated carbocycles. The van der Waals surface area contributed by atoms with E-state index in [4.69, 9.17) is 10.7 Å². The van der Waals surface area contributed by atoms with Gasteiger partial charge in [0.05, 0.1) is 11.9 Å². The lowest BCUT2D eigenvalue weighted by molar-refractivity contribution is 0.422. The van der Waals surface area contributed by atoms with E-state index in [1.807, 2.05) is 18.3 Å². The van der Waals surface area contributed by atoms with Crippen molar-refractivity contribution in [2.24, 2.45) is 5.73 Å². The summed E-state index contributed by atoms with van der Waals surface area (Å²) < 4.78 is 25.4. The Morgan fingerprint density at radius 1 is 1.06 bits per heavy atom. The van der Waals surface area contributed by atoms with Crippen LogP contribution < -0.4 is 10.6 Å². The van der Waals surface area contributed by atoms with E-state index in [1.54, 1.807) is 0 Å². The Bertz CT molecular complexity index is 1390. The number of fused-ring (bicyclic) bond motifs is 2. The zero-order valence-electron chi connectivity index (χ0n) is 18.2. The molecule has 5 rings (SSSR count). The predicted octanol–water partition coefficient (Wildman–Crippen LogP) is 3.79. The Labute approximate surface area is 188 Å². The number of rotatable bonds is 3. The van der Waals surface area contributed by atoms with Crippen molar-refractivity contribution in [1.29, 1.82) is 0 Å². The lowest BCUT2D eigenvalue weighted by Gasteiger charge is -2.36. The van der Waals surface area contributed by atoms with Gasteiger partial charge in [0.25, 0.3) is 0 Å². The van der Waals surface area contributed by atoms with Gasteiger partial charge in [-0.05, 0) is 53.6 Å². The number of benzene rings is 2. The molecule has 1 aromatic heterocycles. The van der Waals surface area contributed by atoms with Crippen LogP contribution in [-0.2, 0) is 10.0 Å². The number of aryl methyl sites for hydroxylation is 1. The van der Waals surface area contributed by atoms with Crippen LogP contribution in [0.1, 0.15) is 12.0 Å². The van der Waals surface area contributed by atoms with Crippen molar-refractivity contribution in [2.75, 3.05) is 30.8 Å². The molecule has 2 aliphatic heterocycles. The molecule has 0 aliphatic carbocycles. The maximum atomic E-state index is 11.9. The van der Waals surface area contributed by atoms with E-state index in [0.29, 0.717) is 31.9 Å². The predicted molar refractivity (Wildman–Crippen MR) is 130 cm³/mol. The standard InChI is InChI=1S/C25H26N4O2S/c1-17-7-8-21(14-23(17)24-13-18-5-3-4-6-19(18)15-27-24)29-12-9-20-16-28(32(2,30)31)11-10-22(20)25(29)26/h3-9,13-15H,10-12,16,26H2,1-2H3. The van der Waals surface area contributed by atoms with Gasteiger partial charge in [-0.1, -0.05) is 36.4 Å². The molecule has 3 aromatic rings. The van der Waals surface area contributed by atoms with Crippen molar-refractivity contribution in [3.63, 3.8) is 0 Å².